The second kappa shape index (κ2) is 11.1. The minimum Gasteiger partial charge on any atom is -0.493 e. The summed E-state index contributed by atoms with van der Waals surface area (Å²) in [5.41, 5.74) is 3.88. The highest BCUT2D eigenvalue weighted by Crippen LogP contribution is 2.61. The molecule has 0 spiro atoms. The maximum atomic E-state index is 13.9. The van der Waals surface area contributed by atoms with Crippen LogP contribution in [-0.2, 0) is 4.57 Å². The zero-order valence-electron chi connectivity index (χ0n) is 25.0. The van der Waals surface area contributed by atoms with Crippen molar-refractivity contribution in [2.45, 2.75) is 0 Å². The van der Waals surface area contributed by atoms with Gasteiger partial charge in [0.25, 0.3) is 0 Å². The van der Waals surface area contributed by atoms with Gasteiger partial charge in [0.15, 0.2) is 23.0 Å². The molecule has 1 aliphatic rings. The number of fused-ring (bicyclic) bond motifs is 7. The maximum Gasteiger partial charge on any atom is 0.584 e. The number of hydrogen-bond donors (Lipinski definition) is 1. The van der Waals surface area contributed by atoms with E-state index in [1.54, 1.807) is 40.6 Å². The average Bonchev–Trinajstić information content (AvgIpc) is 3.20. The molecule has 226 valence electrons. The first-order valence-corrected chi connectivity index (χ1v) is 15.6. The van der Waals surface area contributed by atoms with E-state index in [2.05, 4.69) is 0 Å². The molecule has 0 saturated heterocycles. The van der Waals surface area contributed by atoms with Crippen LogP contribution in [0.2, 0.25) is 0 Å². The lowest BCUT2D eigenvalue weighted by atomic mass is 9.86. The second-order valence-corrected chi connectivity index (χ2v) is 11.8. The van der Waals surface area contributed by atoms with Crippen molar-refractivity contribution in [3.63, 3.8) is 0 Å². The van der Waals surface area contributed by atoms with Crippen LogP contribution in [0.25, 0.3) is 54.9 Å². The van der Waals surface area contributed by atoms with E-state index >= 15 is 0 Å². The summed E-state index contributed by atoms with van der Waals surface area (Å²) < 4.78 is 48.1. The van der Waals surface area contributed by atoms with Gasteiger partial charge in [0.2, 0.25) is 0 Å². The normalized spacial score (nSPS) is 13.2. The quantitative estimate of drug-likeness (QED) is 0.185. The fraction of sp³-hybridized carbons (Fsp3) is 0.111. The summed E-state index contributed by atoms with van der Waals surface area (Å²) in [7, 11) is 1.54. The molecule has 6 aromatic rings. The number of ether oxygens (including phenoxy) is 4. The standard InChI is InChI=1S/C36H29O8P/c1-39-29-15-13-23(19-31(29)41-3)27-17-21-9-5-7-11-25(21)33-34-26-12-8-6-10-22(26)18-28(36(34)44-45(37,38)43-35(27)33)24-14-16-30(40-2)32(20-24)42-4/h5-20H,1-4H3,(H,37,38). The Bertz CT molecular complexity index is 2020. The summed E-state index contributed by atoms with van der Waals surface area (Å²) in [4.78, 5) is 11.3. The highest BCUT2D eigenvalue weighted by Gasteiger charge is 2.37. The third kappa shape index (κ3) is 4.79. The zero-order valence-corrected chi connectivity index (χ0v) is 25.9. The molecule has 6 aromatic carbocycles. The van der Waals surface area contributed by atoms with Crippen LogP contribution in [0.3, 0.4) is 0 Å². The molecule has 0 radical (unpaired) electrons. The van der Waals surface area contributed by atoms with E-state index in [1.807, 2.05) is 84.9 Å². The smallest absolute Gasteiger partial charge is 0.493 e. The van der Waals surface area contributed by atoms with Crippen LogP contribution < -0.4 is 28.0 Å². The molecule has 0 fully saturated rings. The van der Waals surface area contributed by atoms with E-state index in [1.165, 1.54) is 0 Å². The fourth-order valence-corrected chi connectivity index (χ4v) is 6.91. The third-order valence-corrected chi connectivity index (χ3v) is 8.88. The number of hydrogen-bond acceptors (Lipinski definition) is 7. The number of phosphoric ester groups is 1. The topological polar surface area (TPSA) is 92.7 Å². The monoisotopic (exact) mass is 620 g/mol. The van der Waals surface area contributed by atoms with E-state index in [0.717, 1.165) is 21.5 Å². The van der Waals surface area contributed by atoms with Crippen molar-refractivity contribution in [3.8, 4) is 67.9 Å². The molecule has 1 heterocycles. The highest BCUT2D eigenvalue weighted by molar-refractivity contribution is 7.48. The lowest BCUT2D eigenvalue weighted by Gasteiger charge is -2.19. The average molecular weight is 621 g/mol. The van der Waals surface area contributed by atoms with Crippen molar-refractivity contribution >= 4 is 29.4 Å². The Hall–Kier alpha value is -5.17. The molecule has 0 unspecified atom stereocenters. The van der Waals surface area contributed by atoms with Gasteiger partial charge in [-0.3, -0.25) is 4.89 Å². The Kier molecular flexibility index (Phi) is 7.04. The molecular formula is C36H29O8P. The van der Waals surface area contributed by atoms with E-state index in [4.69, 9.17) is 28.0 Å². The Morgan fingerprint density at radius 1 is 0.533 bits per heavy atom. The molecule has 45 heavy (non-hydrogen) atoms. The third-order valence-electron chi connectivity index (χ3n) is 8.06. The molecule has 0 atom stereocenters. The number of benzene rings is 6. The van der Waals surface area contributed by atoms with E-state index in [9.17, 15) is 9.46 Å². The van der Waals surface area contributed by atoms with Crippen molar-refractivity contribution in [2.24, 2.45) is 0 Å². The van der Waals surface area contributed by atoms with Gasteiger partial charge in [-0.05, 0) is 69.1 Å². The summed E-state index contributed by atoms with van der Waals surface area (Å²) in [6.45, 7) is 0. The molecule has 1 N–H and O–H groups in total. The van der Waals surface area contributed by atoms with Crippen molar-refractivity contribution in [3.05, 3.63) is 97.1 Å². The summed E-state index contributed by atoms with van der Waals surface area (Å²) in [6, 6.07) is 30.6. The van der Waals surface area contributed by atoms with Crippen LogP contribution in [0.15, 0.2) is 97.1 Å². The SMILES string of the molecule is COc1ccc(-c2cc3ccccc3c3c2OP(=O)(O)Oc2c(-c4ccc(OC)c(OC)c4)cc4ccccc4c2-3)cc1OC. The number of rotatable bonds is 6. The summed E-state index contributed by atoms with van der Waals surface area (Å²) in [5, 5.41) is 3.48. The molecule has 8 nitrogen and oxygen atoms in total. The van der Waals surface area contributed by atoms with Gasteiger partial charge in [-0.1, -0.05) is 60.7 Å². The number of phosphoric acid groups is 1. The summed E-state index contributed by atoms with van der Waals surface area (Å²) in [5.74, 6) is 2.58. The second-order valence-electron chi connectivity index (χ2n) is 10.5. The van der Waals surface area contributed by atoms with Crippen molar-refractivity contribution in [1.29, 1.82) is 0 Å². The molecule has 0 amide bonds. The minimum atomic E-state index is -4.73. The molecule has 9 heteroatoms. The summed E-state index contributed by atoms with van der Waals surface area (Å²) in [6.07, 6.45) is 0. The first kappa shape index (κ1) is 28.6. The van der Waals surface area contributed by atoms with Gasteiger partial charge >= 0.3 is 7.82 Å². The van der Waals surface area contributed by atoms with Gasteiger partial charge in [0.05, 0.1) is 28.4 Å². The van der Waals surface area contributed by atoms with Crippen LogP contribution in [0, 0.1) is 0 Å². The predicted octanol–water partition coefficient (Wildman–Crippen LogP) is 8.90. The van der Waals surface area contributed by atoms with Gasteiger partial charge in [-0.2, -0.15) is 0 Å². The van der Waals surface area contributed by atoms with E-state index in [-0.39, 0.29) is 11.5 Å². The molecule has 1 aliphatic heterocycles. The Morgan fingerprint density at radius 3 is 1.33 bits per heavy atom. The molecule has 0 aliphatic carbocycles. The van der Waals surface area contributed by atoms with Crippen LogP contribution >= 0.6 is 7.82 Å². The molecule has 0 bridgehead atoms. The van der Waals surface area contributed by atoms with Crippen molar-refractivity contribution in [2.75, 3.05) is 28.4 Å². The minimum absolute atomic E-state index is 0.222. The number of methoxy groups -OCH3 is 4. The van der Waals surface area contributed by atoms with E-state index in [0.29, 0.717) is 56.4 Å². The lowest BCUT2D eigenvalue weighted by molar-refractivity contribution is 0.295. The van der Waals surface area contributed by atoms with E-state index < -0.39 is 7.82 Å². The Balaban J connectivity index is 1.64. The first-order chi connectivity index (χ1) is 21.9. The van der Waals surface area contributed by atoms with Gasteiger partial charge < -0.3 is 28.0 Å². The van der Waals surface area contributed by atoms with Gasteiger partial charge in [0, 0.05) is 22.3 Å². The Labute approximate surface area is 259 Å². The zero-order chi connectivity index (χ0) is 31.3. The van der Waals surface area contributed by atoms with Gasteiger partial charge in [-0.25, -0.2) is 4.57 Å². The maximum absolute atomic E-state index is 13.9. The van der Waals surface area contributed by atoms with Crippen LogP contribution in [0.1, 0.15) is 0 Å². The lowest BCUT2D eigenvalue weighted by Crippen LogP contribution is -2.00. The largest absolute Gasteiger partial charge is 0.584 e. The molecule has 0 saturated carbocycles. The fourth-order valence-electron chi connectivity index (χ4n) is 6.03. The Morgan fingerprint density at radius 2 is 0.933 bits per heavy atom. The van der Waals surface area contributed by atoms with Crippen LogP contribution in [0.4, 0.5) is 0 Å². The van der Waals surface area contributed by atoms with Crippen molar-refractivity contribution < 1.29 is 37.5 Å². The molecule has 7 rings (SSSR count). The molecule has 0 aromatic heterocycles. The van der Waals surface area contributed by atoms with Crippen LogP contribution in [0.5, 0.6) is 34.5 Å². The van der Waals surface area contributed by atoms with Gasteiger partial charge in [-0.15, -0.1) is 0 Å². The highest BCUT2D eigenvalue weighted by atomic mass is 31.2. The molecular weight excluding hydrogens is 591 g/mol. The van der Waals surface area contributed by atoms with Crippen LogP contribution in [-0.4, -0.2) is 33.3 Å². The summed E-state index contributed by atoms with van der Waals surface area (Å²) >= 11 is 0. The predicted molar refractivity (Wildman–Crippen MR) is 175 cm³/mol. The van der Waals surface area contributed by atoms with Gasteiger partial charge in [0.1, 0.15) is 11.5 Å². The first-order valence-electron chi connectivity index (χ1n) is 14.1. The van der Waals surface area contributed by atoms with Crippen molar-refractivity contribution in [1.82, 2.24) is 0 Å².